The lowest BCUT2D eigenvalue weighted by Gasteiger charge is -2.33. The van der Waals surface area contributed by atoms with Gasteiger partial charge in [-0.3, -0.25) is 4.79 Å². The van der Waals surface area contributed by atoms with Crippen LogP contribution in [0.4, 0.5) is 0 Å². The number of nitrogens with one attached hydrogen (secondary N) is 1. The molecule has 2 atom stereocenters. The number of rotatable bonds is 8. The number of ether oxygens (including phenoxy) is 1. The van der Waals surface area contributed by atoms with Gasteiger partial charge in [0.2, 0.25) is 15.9 Å². The van der Waals surface area contributed by atoms with Crippen molar-refractivity contribution in [2.45, 2.75) is 56.0 Å². The number of hydrogen-bond donors (Lipinski definition) is 2. The zero-order valence-corrected chi connectivity index (χ0v) is 21.3. The number of carbonyl (C=O) groups is 2. The molecule has 0 unspecified atom stereocenters. The molecule has 0 radical (unpaired) electrons. The topological polar surface area (TPSA) is 113 Å². The van der Waals surface area contributed by atoms with Crippen molar-refractivity contribution in [3.63, 3.8) is 0 Å². The Bertz CT molecular complexity index is 1130. The quantitative estimate of drug-likeness (QED) is 0.530. The molecule has 1 aliphatic heterocycles. The largest absolute Gasteiger partial charge is 0.508 e. The van der Waals surface area contributed by atoms with E-state index in [9.17, 15) is 23.1 Å². The summed E-state index contributed by atoms with van der Waals surface area (Å²) in [5.74, 6) is -0.692. The number of benzene rings is 2. The number of aromatic hydroxyl groups is 1. The molecule has 2 N–H and O–H groups in total. The van der Waals surface area contributed by atoms with Crippen molar-refractivity contribution < 1.29 is 27.9 Å². The van der Waals surface area contributed by atoms with E-state index in [1.54, 1.807) is 45.0 Å². The summed E-state index contributed by atoms with van der Waals surface area (Å²) in [6, 6.07) is 11.8. The average Bonchev–Trinajstić information content (AvgIpc) is 3.11. The van der Waals surface area contributed by atoms with Gasteiger partial charge in [-0.2, -0.15) is 4.31 Å². The molecule has 2 aromatic carbocycles. The molecule has 0 aliphatic carbocycles. The molecule has 0 bridgehead atoms. The van der Waals surface area contributed by atoms with Crippen LogP contribution in [0.15, 0.2) is 53.4 Å². The van der Waals surface area contributed by atoms with Crippen molar-refractivity contribution in [3.05, 3.63) is 59.7 Å². The van der Waals surface area contributed by atoms with Crippen molar-refractivity contribution in [1.29, 1.82) is 0 Å². The smallest absolute Gasteiger partial charge is 0.328 e. The first-order chi connectivity index (χ1) is 16.0. The van der Waals surface area contributed by atoms with Crippen molar-refractivity contribution in [2.75, 3.05) is 12.4 Å². The second-order valence-electron chi connectivity index (χ2n) is 8.77. The maximum Gasteiger partial charge on any atom is 0.328 e. The van der Waals surface area contributed by atoms with Gasteiger partial charge in [-0.1, -0.05) is 29.8 Å². The number of hydrogen-bond acceptors (Lipinski definition) is 7. The highest BCUT2D eigenvalue weighted by molar-refractivity contribution is 8.02. The molecule has 1 heterocycles. The summed E-state index contributed by atoms with van der Waals surface area (Å²) in [5, 5.41) is 11.2. The highest BCUT2D eigenvalue weighted by atomic mass is 32.2. The summed E-state index contributed by atoms with van der Waals surface area (Å²) in [4.78, 5) is 26.1. The van der Waals surface area contributed by atoms with Gasteiger partial charge in [0, 0.05) is 17.7 Å². The number of amides is 1. The van der Waals surface area contributed by atoms with Crippen molar-refractivity contribution in [3.8, 4) is 5.75 Å². The van der Waals surface area contributed by atoms with Gasteiger partial charge in [-0.25, -0.2) is 13.2 Å². The number of carbonyl (C=O) groups excluding carboxylic acids is 2. The van der Waals surface area contributed by atoms with Crippen LogP contribution >= 0.6 is 11.8 Å². The Morgan fingerprint density at radius 1 is 1.18 bits per heavy atom. The molecule has 0 aromatic heterocycles. The van der Waals surface area contributed by atoms with Gasteiger partial charge in [0.1, 0.15) is 17.2 Å². The monoisotopic (exact) mass is 506 g/mol. The maximum atomic E-state index is 13.5. The second kappa shape index (κ2) is 10.4. The first-order valence-corrected chi connectivity index (χ1v) is 13.4. The lowest BCUT2D eigenvalue weighted by molar-refractivity contribution is -0.147. The lowest BCUT2D eigenvalue weighted by Crippen LogP contribution is -2.55. The molecule has 1 aliphatic rings. The standard InChI is InChI=1S/C24H30N2O6S2/c1-5-32-23(29)20(14-17-8-10-18(27)11-9-17)25-21(28)22-26(24(3,4)15-33-22)34(30,31)19-12-6-16(2)7-13-19/h6-13,20,22,27H,5,14-15H2,1-4H3,(H,25,28)/t20-,22-/m0/s1. The molecule has 0 spiro atoms. The van der Waals surface area contributed by atoms with Crippen LogP contribution in [-0.4, -0.2) is 59.0 Å². The fourth-order valence-electron chi connectivity index (χ4n) is 3.74. The molecule has 10 heteroatoms. The van der Waals surface area contributed by atoms with E-state index in [-0.39, 0.29) is 23.7 Å². The zero-order valence-electron chi connectivity index (χ0n) is 19.6. The number of nitrogens with zero attached hydrogens (tertiary/aromatic N) is 1. The van der Waals surface area contributed by atoms with Gasteiger partial charge in [0.15, 0.2) is 0 Å². The second-order valence-corrected chi connectivity index (χ2v) is 11.7. The maximum absolute atomic E-state index is 13.5. The molecule has 1 fully saturated rings. The fourth-order valence-corrected chi connectivity index (χ4v) is 7.46. The SMILES string of the molecule is CCOC(=O)[C@H](Cc1ccc(O)cc1)NC(=O)[C@@H]1SCC(C)(C)N1S(=O)(=O)c1ccc(C)cc1. The predicted molar refractivity (Wildman–Crippen MR) is 131 cm³/mol. The number of phenols is 1. The third-order valence-electron chi connectivity index (χ3n) is 5.47. The molecule has 184 valence electrons. The molecule has 34 heavy (non-hydrogen) atoms. The van der Waals surface area contributed by atoms with Crippen LogP contribution in [0.3, 0.4) is 0 Å². The van der Waals surface area contributed by atoms with Crippen LogP contribution in [0.25, 0.3) is 0 Å². The van der Waals surface area contributed by atoms with Gasteiger partial charge >= 0.3 is 5.97 Å². The predicted octanol–water partition coefficient (Wildman–Crippen LogP) is 2.83. The first kappa shape index (κ1) is 26.1. The molecule has 1 amide bonds. The Hall–Kier alpha value is -2.56. The molecule has 2 aromatic rings. The average molecular weight is 507 g/mol. The van der Waals surface area contributed by atoms with Crippen molar-refractivity contribution >= 4 is 33.7 Å². The third kappa shape index (κ3) is 5.73. The Morgan fingerprint density at radius 3 is 2.38 bits per heavy atom. The molecule has 3 rings (SSSR count). The Balaban J connectivity index is 1.87. The molecule has 8 nitrogen and oxygen atoms in total. The van der Waals surface area contributed by atoms with E-state index in [0.717, 1.165) is 5.56 Å². The number of phenolic OH excluding ortho intramolecular Hbond substituents is 1. The van der Waals surface area contributed by atoms with Gasteiger partial charge in [-0.05, 0) is 57.5 Å². The lowest BCUT2D eigenvalue weighted by atomic mass is 10.1. The summed E-state index contributed by atoms with van der Waals surface area (Å²) < 4.78 is 33.4. The highest BCUT2D eigenvalue weighted by Crippen LogP contribution is 2.41. The van der Waals surface area contributed by atoms with Gasteiger partial charge < -0.3 is 15.2 Å². The van der Waals surface area contributed by atoms with Crippen LogP contribution in [0.2, 0.25) is 0 Å². The zero-order chi connectivity index (χ0) is 25.1. The summed E-state index contributed by atoms with van der Waals surface area (Å²) in [5.41, 5.74) is 0.821. The van der Waals surface area contributed by atoms with E-state index in [1.807, 2.05) is 6.92 Å². The van der Waals surface area contributed by atoms with E-state index < -0.39 is 38.9 Å². The van der Waals surface area contributed by atoms with E-state index in [0.29, 0.717) is 11.3 Å². The van der Waals surface area contributed by atoms with Crippen LogP contribution < -0.4 is 5.32 Å². The number of esters is 1. The summed E-state index contributed by atoms with van der Waals surface area (Å²) in [6.07, 6.45) is 0.135. The molecule has 0 saturated carbocycles. The van der Waals surface area contributed by atoms with Crippen LogP contribution in [0.5, 0.6) is 5.75 Å². The van der Waals surface area contributed by atoms with E-state index in [2.05, 4.69) is 5.32 Å². The van der Waals surface area contributed by atoms with E-state index in [4.69, 9.17) is 4.74 Å². The Morgan fingerprint density at radius 2 is 1.79 bits per heavy atom. The first-order valence-electron chi connectivity index (χ1n) is 10.9. The minimum atomic E-state index is -3.98. The van der Waals surface area contributed by atoms with Crippen LogP contribution in [-0.2, 0) is 30.8 Å². The number of aryl methyl sites for hydroxylation is 1. The number of sulfonamides is 1. The number of thioether (sulfide) groups is 1. The minimum Gasteiger partial charge on any atom is -0.508 e. The van der Waals surface area contributed by atoms with Crippen molar-refractivity contribution in [1.82, 2.24) is 9.62 Å². The van der Waals surface area contributed by atoms with Gasteiger partial charge in [0.05, 0.1) is 11.5 Å². The minimum absolute atomic E-state index is 0.0852. The highest BCUT2D eigenvalue weighted by Gasteiger charge is 2.51. The summed E-state index contributed by atoms with van der Waals surface area (Å²) in [6.45, 7) is 7.23. The van der Waals surface area contributed by atoms with Gasteiger partial charge in [0.25, 0.3) is 0 Å². The normalized spacial score (nSPS) is 18.9. The van der Waals surface area contributed by atoms with Crippen LogP contribution in [0.1, 0.15) is 31.9 Å². The van der Waals surface area contributed by atoms with E-state index in [1.165, 1.54) is 40.3 Å². The molecular formula is C24H30N2O6S2. The third-order valence-corrected chi connectivity index (χ3v) is 9.31. The summed E-state index contributed by atoms with van der Waals surface area (Å²) >= 11 is 1.22. The Labute approximate surface area is 204 Å². The van der Waals surface area contributed by atoms with E-state index >= 15 is 0 Å². The van der Waals surface area contributed by atoms with Crippen LogP contribution in [0, 0.1) is 6.92 Å². The van der Waals surface area contributed by atoms with Crippen molar-refractivity contribution in [2.24, 2.45) is 0 Å². The molecule has 1 saturated heterocycles. The Kier molecular flexibility index (Phi) is 7.95. The summed E-state index contributed by atoms with van der Waals surface area (Å²) in [7, 11) is -3.98. The molecular weight excluding hydrogens is 476 g/mol. The fraction of sp³-hybridized carbons (Fsp3) is 0.417. The van der Waals surface area contributed by atoms with Gasteiger partial charge in [-0.15, -0.1) is 11.8 Å².